The van der Waals surface area contributed by atoms with Crippen LogP contribution in [-0.4, -0.2) is 4.86 Å². The first kappa shape index (κ1) is 25.6. The van der Waals surface area contributed by atoms with Crippen molar-refractivity contribution in [3.63, 3.8) is 0 Å². The van der Waals surface area contributed by atoms with E-state index in [1.807, 2.05) is 0 Å². The highest BCUT2D eigenvalue weighted by Gasteiger charge is 2.38. The quantitative estimate of drug-likeness (QED) is 0.236. The molecule has 0 radical (unpaired) electrons. The summed E-state index contributed by atoms with van der Waals surface area (Å²) in [6.45, 7) is 14.0. The molecule has 0 nitrogen and oxygen atoms in total. The number of aryl methyl sites for hydroxylation is 1. The maximum Gasteiger partial charge on any atom is 0.0224 e. The molecular weight excluding hydrogens is 380 g/mol. The lowest BCUT2D eigenvalue weighted by Crippen LogP contribution is -2.33. The van der Waals surface area contributed by atoms with Gasteiger partial charge in [0.1, 0.15) is 0 Å². The van der Waals surface area contributed by atoms with Crippen molar-refractivity contribution in [1.82, 2.24) is 0 Å². The van der Waals surface area contributed by atoms with Crippen molar-refractivity contribution in [2.75, 3.05) is 0 Å². The minimum Gasteiger partial charge on any atom is -0.0843 e. The molecule has 1 fully saturated rings. The summed E-state index contributed by atoms with van der Waals surface area (Å²) in [5.41, 5.74) is 4.76. The van der Waals surface area contributed by atoms with Gasteiger partial charge in [0.15, 0.2) is 0 Å². The summed E-state index contributed by atoms with van der Waals surface area (Å²) in [5.74, 6) is 2.61. The molecule has 0 saturated heterocycles. The zero-order chi connectivity index (χ0) is 22.1. The molecule has 1 aromatic carbocycles. The van der Waals surface area contributed by atoms with Gasteiger partial charge in [-0.3, -0.25) is 0 Å². The monoisotopic (exact) mass is 428 g/mol. The van der Waals surface area contributed by atoms with Crippen LogP contribution in [-0.2, 0) is 6.42 Å². The van der Waals surface area contributed by atoms with Crippen molar-refractivity contribution in [3.05, 3.63) is 34.9 Å². The largest absolute Gasteiger partial charge is 0.0843 e. The summed E-state index contributed by atoms with van der Waals surface area (Å²) in [7, 11) is 0. The van der Waals surface area contributed by atoms with Crippen LogP contribution < -0.4 is 0 Å². The van der Waals surface area contributed by atoms with Gasteiger partial charge in [0, 0.05) is 4.86 Å². The van der Waals surface area contributed by atoms with Gasteiger partial charge in [0.2, 0.25) is 0 Å². The minimum atomic E-state index is 0.583. The third-order valence-electron chi connectivity index (χ3n) is 7.57. The van der Waals surface area contributed by atoms with E-state index in [9.17, 15) is 0 Å². The molecule has 0 aromatic heterocycles. The Hall–Kier alpha value is -0.690. The second kappa shape index (κ2) is 12.4. The fourth-order valence-electron chi connectivity index (χ4n) is 6.26. The Balaban J connectivity index is 1.99. The van der Waals surface area contributed by atoms with Crippen LogP contribution in [0.2, 0.25) is 0 Å². The second-order valence-electron chi connectivity index (χ2n) is 10.8. The molecule has 1 aliphatic carbocycles. The molecule has 0 heterocycles. The molecule has 0 spiro atoms. The maximum atomic E-state index is 5.89. The van der Waals surface area contributed by atoms with Crippen LogP contribution in [0.3, 0.4) is 0 Å². The Kier molecular flexibility index (Phi) is 10.5. The molecule has 0 aliphatic heterocycles. The zero-order valence-electron chi connectivity index (χ0n) is 20.9. The number of rotatable bonds is 12. The summed E-state index contributed by atoms with van der Waals surface area (Å²) in [6.07, 6.45) is 16.2. The van der Waals surface area contributed by atoms with Crippen molar-refractivity contribution >= 4 is 17.1 Å². The third kappa shape index (κ3) is 7.47. The van der Waals surface area contributed by atoms with E-state index in [0.717, 1.165) is 24.7 Å². The lowest BCUT2D eigenvalue weighted by molar-refractivity contribution is 0.0629. The van der Waals surface area contributed by atoms with E-state index in [1.165, 1.54) is 85.8 Å². The summed E-state index contributed by atoms with van der Waals surface area (Å²) in [4.78, 5) is 1.17. The summed E-state index contributed by atoms with van der Waals surface area (Å²) in [6, 6.07) is 6.94. The van der Waals surface area contributed by atoms with E-state index in [0.29, 0.717) is 11.3 Å². The first-order valence-electron chi connectivity index (χ1n) is 12.9. The molecule has 170 valence electrons. The first-order chi connectivity index (χ1) is 14.3. The van der Waals surface area contributed by atoms with Gasteiger partial charge in [-0.15, -0.1) is 0 Å². The normalized spacial score (nSPS) is 24.4. The van der Waals surface area contributed by atoms with E-state index in [-0.39, 0.29) is 0 Å². The van der Waals surface area contributed by atoms with Gasteiger partial charge in [-0.1, -0.05) is 90.7 Å². The third-order valence-corrected chi connectivity index (χ3v) is 8.01. The summed E-state index contributed by atoms with van der Waals surface area (Å²) >= 11 is 5.89. The lowest BCUT2D eigenvalue weighted by atomic mass is 9.60. The summed E-state index contributed by atoms with van der Waals surface area (Å²) < 4.78 is 0. The Labute approximate surface area is 193 Å². The molecule has 2 rings (SSSR count). The average Bonchev–Trinajstić information content (AvgIpc) is 2.69. The van der Waals surface area contributed by atoms with E-state index in [2.05, 4.69) is 59.7 Å². The van der Waals surface area contributed by atoms with Crippen molar-refractivity contribution in [2.24, 2.45) is 23.2 Å². The number of hydrogen-bond donors (Lipinski definition) is 0. The first-order valence-corrected chi connectivity index (χ1v) is 13.4. The molecule has 1 saturated carbocycles. The standard InChI is InChI=1S/C29H48S/c1-7-11-25-19-24(9-3)20-29(21-25,15-8-2)16-10-12-28(30)27-14-13-26(17-22(4)5)23(6)18-27/h13-14,18,22,24-25H,7-12,15-17,19-21H2,1-6H3. The SMILES string of the molecule is CCCC1CC(CC)CC(CCC)(CCCC(=S)c2ccc(CC(C)C)c(C)c2)C1. The fraction of sp³-hybridized carbons (Fsp3) is 0.759. The lowest BCUT2D eigenvalue weighted by Gasteiger charge is -2.45. The van der Waals surface area contributed by atoms with Crippen LogP contribution in [0.5, 0.6) is 0 Å². The highest BCUT2D eigenvalue weighted by atomic mass is 32.1. The van der Waals surface area contributed by atoms with Gasteiger partial charge in [-0.25, -0.2) is 0 Å². The van der Waals surface area contributed by atoms with E-state index in [4.69, 9.17) is 12.2 Å². The average molecular weight is 429 g/mol. The van der Waals surface area contributed by atoms with Gasteiger partial charge < -0.3 is 0 Å². The Morgan fingerprint density at radius 1 is 1.07 bits per heavy atom. The minimum absolute atomic E-state index is 0.583. The molecule has 30 heavy (non-hydrogen) atoms. The van der Waals surface area contributed by atoms with Crippen LogP contribution in [0.25, 0.3) is 0 Å². The van der Waals surface area contributed by atoms with Gasteiger partial charge in [-0.05, 0) is 98.1 Å². The fourth-order valence-corrected chi connectivity index (χ4v) is 6.53. The van der Waals surface area contributed by atoms with Crippen LogP contribution in [0.1, 0.15) is 122 Å². The molecule has 3 unspecified atom stereocenters. The number of benzene rings is 1. The Morgan fingerprint density at radius 2 is 1.80 bits per heavy atom. The van der Waals surface area contributed by atoms with Crippen LogP contribution in [0.4, 0.5) is 0 Å². The molecule has 3 atom stereocenters. The Morgan fingerprint density at radius 3 is 2.40 bits per heavy atom. The number of hydrogen-bond acceptors (Lipinski definition) is 1. The highest BCUT2D eigenvalue weighted by Crippen LogP contribution is 2.50. The molecule has 0 amide bonds. The van der Waals surface area contributed by atoms with Crippen LogP contribution in [0, 0.1) is 30.1 Å². The highest BCUT2D eigenvalue weighted by molar-refractivity contribution is 7.80. The molecular formula is C29H48S. The molecule has 0 bridgehead atoms. The second-order valence-corrected chi connectivity index (χ2v) is 11.3. The van der Waals surface area contributed by atoms with Crippen molar-refractivity contribution in [2.45, 2.75) is 119 Å². The van der Waals surface area contributed by atoms with Gasteiger partial charge in [0.25, 0.3) is 0 Å². The molecule has 1 aliphatic rings. The predicted octanol–water partition coefficient (Wildman–Crippen LogP) is 9.49. The van der Waals surface area contributed by atoms with Crippen molar-refractivity contribution in [3.8, 4) is 0 Å². The van der Waals surface area contributed by atoms with Crippen LogP contribution in [0.15, 0.2) is 18.2 Å². The van der Waals surface area contributed by atoms with Gasteiger partial charge in [0.05, 0.1) is 0 Å². The van der Waals surface area contributed by atoms with Gasteiger partial charge >= 0.3 is 0 Å². The molecule has 1 aromatic rings. The van der Waals surface area contributed by atoms with Crippen LogP contribution >= 0.6 is 12.2 Å². The topological polar surface area (TPSA) is 0 Å². The number of thiocarbonyl (C=S) groups is 1. The van der Waals surface area contributed by atoms with E-state index in [1.54, 1.807) is 0 Å². The maximum absolute atomic E-state index is 5.89. The van der Waals surface area contributed by atoms with Gasteiger partial charge in [-0.2, -0.15) is 0 Å². The predicted molar refractivity (Wildman–Crippen MR) is 139 cm³/mol. The summed E-state index contributed by atoms with van der Waals surface area (Å²) in [5, 5.41) is 0. The van der Waals surface area contributed by atoms with Crippen molar-refractivity contribution < 1.29 is 0 Å². The van der Waals surface area contributed by atoms with E-state index >= 15 is 0 Å². The molecule has 1 heteroatoms. The smallest absolute Gasteiger partial charge is 0.0224 e. The van der Waals surface area contributed by atoms with E-state index < -0.39 is 0 Å². The zero-order valence-corrected chi connectivity index (χ0v) is 21.7. The molecule has 0 N–H and O–H groups in total. The Bertz CT molecular complexity index is 658. The van der Waals surface area contributed by atoms with Crippen molar-refractivity contribution in [1.29, 1.82) is 0 Å².